The highest BCUT2D eigenvalue weighted by molar-refractivity contribution is 6.36. The van der Waals surface area contributed by atoms with Crippen molar-refractivity contribution in [2.24, 2.45) is 5.92 Å². The van der Waals surface area contributed by atoms with Gasteiger partial charge in [0.2, 0.25) is 5.89 Å². The number of fused-ring (bicyclic) bond motifs is 1. The lowest BCUT2D eigenvalue weighted by Crippen LogP contribution is -2.52. The Bertz CT molecular complexity index is 1730. The largest absolute Gasteiger partial charge is 0.481 e. The van der Waals surface area contributed by atoms with Crippen LogP contribution in [0.3, 0.4) is 0 Å². The van der Waals surface area contributed by atoms with Gasteiger partial charge >= 0.3 is 5.97 Å². The molecular weight excluding hydrogens is 611 g/mol. The van der Waals surface area contributed by atoms with Crippen LogP contribution in [0.15, 0.2) is 52.9 Å². The first-order valence-electron chi connectivity index (χ1n) is 15.9. The summed E-state index contributed by atoms with van der Waals surface area (Å²) in [5.41, 5.74) is 7.13. The highest BCUT2D eigenvalue weighted by Crippen LogP contribution is 2.41. The van der Waals surface area contributed by atoms with E-state index >= 15 is 0 Å². The van der Waals surface area contributed by atoms with Crippen molar-refractivity contribution in [1.82, 2.24) is 15.2 Å². The number of hydrogen-bond acceptors (Lipinski definition) is 7. The molecule has 0 spiro atoms. The molecule has 8 nitrogen and oxygen atoms in total. The van der Waals surface area contributed by atoms with Crippen LogP contribution in [0.1, 0.15) is 43.2 Å². The molecule has 1 aliphatic carbocycles. The molecule has 0 amide bonds. The molecule has 3 heterocycles. The Morgan fingerprint density at radius 2 is 1.73 bits per heavy atom. The van der Waals surface area contributed by atoms with Crippen LogP contribution >= 0.6 is 23.2 Å². The molecule has 3 N–H and O–H groups in total. The minimum absolute atomic E-state index is 0.138. The minimum atomic E-state index is -0.739. The summed E-state index contributed by atoms with van der Waals surface area (Å²) in [5, 5.41) is 23.9. The standard InChI is InChI=1S/C35H38Cl2N4O4/c1-20-26(28-6-3-7-31(32(28)37)41-12-9-23(10-13-41)38-24-16-25(42)17-24)4-2-5-27(20)34-39-30-15-21(14-29(36)33(30)45-34)18-40-11-8-22(19-40)35(43)44/h2-7,14-15,22-25,38,42H,8-13,16-19H2,1H3,(H,43,44). The number of nitrogens with zero attached hydrogens (tertiary/aromatic N) is 3. The van der Waals surface area contributed by atoms with Gasteiger partial charge in [0.25, 0.3) is 0 Å². The number of halogens is 2. The number of oxazole rings is 1. The molecule has 3 aliphatic rings. The molecule has 10 heteroatoms. The number of hydrogen-bond donors (Lipinski definition) is 3. The third-order valence-electron chi connectivity index (χ3n) is 9.79. The first kappa shape index (κ1) is 30.5. The molecule has 2 saturated heterocycles. The number of carboxylic acid groups (broad SMARTS) is 1. The van der Waals surface area contributed by atoms with Gasteiger partial charge in [0.15, 0.2) is 5.58 Å². The molecule has 3 fully saturated rings. The van der Waals surface area contributed by atoms with E-state index in [2.05, 4.69) is 46.3 Å². The van der Waals surface area contributed by atoms with Gasteiger partial charge in [0.05, 0.1) is 27.8 Å². The Morgan fingerprint density at radius 1 is 1.00 bits per heavy atom. The van der Waals surface area contributed by atoms with Crippen molar-refractivity contribution in [1.29, 1.82) is 0 Å². The Balaban J connectivity index is 1.11. The van der Waals surface area contributed by atoms with E-state index in [4.69, 9.17) is 32.6 Å². The third-order valence-corrected chi connectivity index (χ3v) is 10.5. The van der Waals surface area contributed by atoms with Gasteiger partial charge in [-0.1, -0.05) is 47.5 Å². The molecule has 4 aromatic rings. The molecule has 236 valence electrons. The topological polar surface area (TPSA) is 102 Å². The van der Waals surface area contributed by atoms with Crippen molar-refractivity contribution in [3.63, 3.8) is 0 Å². The van der Waals surface area contributed by atoms with E-state index in [1.54, 1.807) is 0 Å². The number of piperidine rings is 1. The fraction of sp³-hybridized carbons (Fsp3) is 0.429. The number of aliphatic hydroxyl groups is 1. The zero-order valence-corrected chi connectivity index (χ0v) is 26.8. The third kappa shape index (κ3) is 6.19. The lowest BCUT2D eigenvalue weighted by molar-refractivity contribution is -0.141. The fourth-order valence-corrected chi connectivity index (χ4v) is 7.79. The van der Waals surface area contributed by atoms with Crippen LogP contribution in [0.2, 0.25) is 10.0 Å². The SMILES string of the molecule is Cc1c(-c2nc3cc(CN4CCC(C(=O)O)C4)cc(Cl)c3o2)cccc1-c1cccc(N2CCC(NC3CC(O)C3)CC2)c1Cl. The highest BCUT2D eigenvalue weighted by Gasteiger charge is 2.31. The zero-order valence-electron chi connectivity index (χ0n) is 25.3. The van der Waals surface area contributed by atoms with Gasteiger partial charge in [-0.2, -0.15) is 0 Å². The number of likely N-dealkylation sites (tertiary alicyclic amines) is 1. The van der Waals surface area contributed by atoms with Crippen LogP contribution < -0.4 is 10.2 Å². The maximum atomic E-state index is 11.4. The second-order valence-electron chi connectivity index (χ2n) is 12.9. The van der Waals surface area contributed by atoms with Crippen LogP contribution in [0.5, 0.6) is 0 Å². The number of rotatable bonds is 8. The van der Waals surface area contributed by atoms with Gasteiger partial charge < -0.3 is 24.8 Å². The average Bonchev–Trinajstić information content (AvgIpc) is 3.65. The number of carboxylic acids is 1. The van der Waals surface area contributed by atoms with Crippen molar-refractivity contribution in [2.75, 3.05) is 31.1 Å². The quantitative estimate of drug-likeness (QED) is 0.193. The minimum Gasteiger partial charge on any atom is -0.481 e. The number of nitrogens with one attached hydrogen (secondary N) is 1. The average molecular weight is 650 g/mol. The van der Waals surface area contributed by atoms with Crippen molar-refractivity contribution in [3.05, 3.63) is 69.7 Å². The lowest BCUT2D eigenvalue weighted by Gasteiger charge is -2.40. The summed E-state index contributed by atoms with van der Waals surface area (Å²) in [4.78, 5) is 20.8. The smallest absolute Gasteiger partial charge is 0.307 e. The number of carbonyl (C=O) groups is 1. The van der Waals surface area contributed by atoms with Crippen molar-refractivity contribution >= 4 is 46.0 Å². The lowest BCUT2D eigenvalue weighted by atomic mass is 9.88. The van der Waals surface area contributed by atoms with Gasteiger partial charge in [-0.05, 0) is 86.5 Å². The summed E-state index contributed by atoms with van der Waals surface area (Å²) in [6.45, 7) is 5.82. The second kappa shape index (κ2) is 12.6. The van der Waals surface area contributed by atoms with Crippen molar-refractivity contribution < 1.29 is 19.4 Å². The summed E-state index contributed by atoms with van der Waals surface area (Å²) in [7, 11) is 0. The summed E-state index contributed by atoms with van der Waals surface area (Å²) >= 11 is 13.8. The zero-order chi connectivity index (χ0) is 31.2. The predicted molar refractivity (Wildman–Crippen MR) is 178 cm³/mol. The molecule has 1 saturated carbocycles. The molecule has 7 rings (SSSR count). The van der Waals surface area contributed by atoms with Gasteiger partial charge in [0, 0.05) is 49.4 Å². The first-order valence-corrected chi connectivity index (χ1v) is 16.6. The van der Waals surface area contributed by atoms with Crippen molar-refractivity contribution in [3.8, 4) is 22.6 Å². The normalized spacial score (nSPS) is 22.7. The summed E-state index contributed by atoms with van der Waals surface area (Å²) in [6.07, 6.45) is 4.33. The van der Waals surface area contributed by atoms with E-state index in [0.717, 1.165) is 83.8 Å². The molecule has 1 atom stereocenters. The van der Waals surface area contributed by atoms with Crippen molar-refractivity contribution in [2.45, 2.75) is 63.8 Å². The van der Waals surface area contributed by atoms with Gasteiger partial charge in [-0.25, -0.2) is 4.98 Å². The molecule has 2 aliphatic heterocycles. The Hall–Kier alpha value is -3.14. The van der Waals surface area contributed by atoms with Crippen LogP contribution in [0.4, 0.5) is 5.69 Å². The van der Waals surface area contributed by atoms with E-state index in [1.807, 2.05) is 24.3 Å². The fourth-order valence-electron chi connectivity index (χ4n) is 7.16. The summed E-state index contributed by atoms with van der Waals surface area (Å²) in [6, 6.07) is 17.1. The maximum Gasteiger partial charge on any atom is 0.307 e. The maximum absolute atomic E-state index is 11.4. The molecule has 0 bridgehead atoms. The molecule has 1 unspecified atom stereocenters. The number of aromatic nitrogens is 1. The Morgan fingerprint density at radius 3 is 2.47 bits per heavy atom. The van der Waals surface area contributed by atoms with E-state index < -0.39 is 5.97 Å². The number of aliphatic carboxylic acids is 1. The van der Waals surface area contributed by atoms with Gasteiger partial charge in [0.1, 0.15) is 5.52 Å². The van der Waals surface area contributed by atoms with Gasteiger partial charge in [-0.15, -0.1) is 0 Å². The molecule has 45 heavy (non-hydrogen) atoms. The van der Waals surface area contributed by atoms with E-state index in [1.165, 1.54) is 0 Å². The van der Waals surface area contributed by atoms with Crippen LogP contribution in [0, 0.1) is 12.8 Å². The van der Waals surface area contributed by atoms with Gasteiger partial charge in [-0.3, -0.25) is 9.69 Å². The predicted octanol–water partition coefficient (Wildman–Crippen LogP) is 6.77. The van der Waals surface area contributed by atoms with Crippen LogP contribution in [-0.4, -0.2) is 70.4 Å². The van der Waals surface area contributed by atoms with E-state index in [-0.39, 0.29) is 12.0 Å². The number of aliphatic hydroxyl groups excluding tert-OH is 1. The first-order chi connectivity index (χ1) is 21.7. The van der Waals surface area contributed by atoms with E-state index in [0.29, 0.717) is 53.6 Å². The highest BCUT2D eigenvalue weighted by atomic mass is 35.5. The molecule has 3 aromatic carbocycles. The summed E-state index contributed by atoms with van der Waals surface area (Å²) < 4.78 is 6.24. The second-order valence-corrected chi connectivity index (χ2v) is 13.7. The molecule has 0 radical (unpaired) electrons. The molecular formula is C35H38Cl2N4O4. The Kier molecular flexibility index (Phi) is 8.52. The monoisotopic (exact) mass is 648 g/mol. The molecule has 1 aromatic heterocycles. The Labute approximate surface area is 272 Å². The van der Waals surface area contributed by atoms with E-state index in [9.17, 15) is 15.0 Å². The number of anilines is 1. The number of benzene rings is 3. The van der Waals surface area contributed by atoms with Crippen LogP contribution in [-0.2, 0) is 11.3 Å². The summed E-state index contributed by atoms with van der Waals surface area (Å²) in [5.74, 6) is -0.566. The van der Waals surface area contributed by atoms with Crippen LogP contribution in [0.25, 0.3) is 33.7 Å².